The minimum absolute atomic E-state index is 0.469. The molecule has 0 bridgehead atoms. The summed E-state index contributed by atoms with van der Waals surface area (Å²) in [5.41, 5.74) is 2.38. The lowest BCUT2D eigenvalue weighted by molar-refractivity contribution is 0.425. The highest BCUT2D eigenvalue weighted by molar-refractivity contribution is 9.11. The molecule has 5 heteroatoms. The molecule has 0 fully saturated rings. The molecule has 2 aliphatic rings. The highest BCUT2D eigenvalue weighted by atomic mass is 79.9. The fourth-order valence-corrected chi connectivity index (χ4v) is 3.31. The Morgan fingerprint density at radius 2 is 1.33 bits per heavy atom. The summed E-state index contributed by atoms with van der Waals surface area (Å²) in [6.07, 6.45) is 0. The van der Waals surface area contributed by atoms with Crippen molar-refractivity contribution in [2.24, 2.45) is 0 Å². The molecule has 0 saturated carbocycles. The Balaban J connectivity index is 2.80. The van der Waals surface area contributed by atoms with Crippen LogP contribution >= 0.6 is 31.9 Å². The zero-order valence-electron chi connectivity index (χ0n) is 7.61. The van der Waals surface area contributed by atoms with Crippen molar-refractivity contribution in [3.63, 3.8) is 0 Å². The van der Waals surface area contributed by atoms with Crippen LogP contribution < -0.4 is 5.46 Å². The van der Waals surface area contributed by atoms with E-state index in [-0.39, 0.29) is 0 Å². The predicted molar refractivity (Wildman–Crippen MR) is 68.3 cm³/mol. The smallest absolute Gasteiger partial charge is 0.423 e. The third kappa shape index (κ3) is 1.85. The standard InChI is InChI=1S/C10H7BBr2O2/c12-9-6-4-2-1-3-5-7(6)10(13)8(9)11(14)15/h1-5,14-15H. The molecule has 0 radical (unpaired) electrons. The van der Waals surface area contributed by atoms with Crippen molar-refractivity contribution < 1.29 is 10.0 Å². The van der Waals surface area contributed by atoms with Crippen LogP contribution in [0.2, 0.25) is 0 Å². The number of fused-ring (bicyclic) bond motifs is 1. The monoisotopic (exact) mass is 328 g/mol. The highest BCUT2D eigenvalue weighted by Gasteiger charge is 2.26. The minimum atomic E-state index is -1.48. The van der Waals surface area contributed by atoms with E-state index < -0.39 is 7.12 Å². The maximum atomic E-state index is 9.24. The van der Waals surface area contributed by atoms with Crippen LogP contribution in [0.15, 0.2) is 39.3 Å². The first-order chi connectivity index (χ1) is 7.13. The van der Waals surface area contributed by atoms with Crippen LogP contribution in [0.25, 0.3) is 11.1 Å². The lowest BCUT2D eigenvalue weighted by Gasteiger charge is -1.96. The van der Waals surface area contributed by atoms with Gasteiger partial charge in [-0.3, -0.25) is 0 Å². The fraction of sp³-hybridized carbons (Fsp3) is 0. The van der Waals surface area contributed by atoms with Crippen LogP contribution in [0.3, 0.4) is 0 Å². The second-order valence-electron chi connectivity index (χ2n) is 3.15. The van der Waals surface area contributed by atoms with Gasteiger partial charge in [0.05, 0.1) is 0 Å². The zero-order valence-corrected chi connectivity index (χ0v) is 10.8. The van der Waals surface area contributed by atoms with Gasteiger partial charge in [-0.05, 0) is 11.1 Å². The van der Waals surface area contributed by atoms with Crippen LogP contribution in [-0.4, -0.2) is 17.2 Å². The van der Waals surface area contributed by atoms with Crippen LogP contribution in [-0.2, 0) is 0 Å². The molecule has 0 aliphatic heterocycles. The molecule has 15 heavy (non-hydrogen) atoms. The Kier molecular flexibility index (Phi) is 3.16. The van der Waals surface area contributed by atoms with Gasteiger partial charge >= 0.3 is 7.12 Å². The van der Waals surface area contributed by atoms with Gasteiger partial charge in [0, 0.05) is 14.4 Å². The van der Waals surface area contributed by atoms with E-state index in [2.05, 4.69) is 31.9 Å². The Bertz CT molecular complexity index is 437. The first-order valence-corrected chi connectivity index (χ1v) is 5.93. The summed E-state index contributed by atoms with van der Waals surface area (Å²) >= 11 is 6.75. The van der Waals surface area contributed by atoms with Crippen molar-refractivity contribution in [2.45, 2.75) is 0 Å². The van der Waals surface area contributed by atoms with E-state index in [1.165, 1.54) is 0 Å². The normalized spacial score (nSPS) is 10.7. The summed E-state index contributed by atoms with van der Waals surface area (Å²) in [4.78, 5) is 0. The Morgan fingerprint density at radius 3 is 1.73 bits per heavy atom. The molecular weight excluding hydrogens is 323 g/mol. The summed E-state index contributed by atoms with van der Waals surface area (Å²) in [5.74, 6) is 0. The van der Waals surface area contributed by atoms with Gasteiger partial charge in [-0.1, -0.05) is 62.2 Å². The molecule has 0 aromatic heterocycles. The third-order valence-corrected chi connectivity index (χ3v) is 3.95. The van der Waals surface area contributed by atoms with E-state index in [9.17, 15) is 10.0 Å². The van der Waals surface area contributed by atoms with E-state index in [0.29, 0.717) is 5.46 Å². The van der Waals surface area contributed by atoms with Crippen molar-refractivity contribution >= 4 is 44.4 Å². The molecule has 0 aromatic rings. The largest absolute Gasteiger partial charge is 0.490 e. The highest BCUT2D eigenvalue weighted by Crippen LogP contribution is 2.36. The average molecular weight is 330 g/mol. The SMILES string of the molecule is OB(O)c1c(Br)c2cccccc-2c1Br. The summed E-state index contributed by atoms with van der Waals surface area (Å²) < 4.78 is 1.44. The lowest BCUT2D eigenvalue weighted by atomic mass is 9.82. The molecule has 0 atom stereocenters. The molecule has 0 heterocycles. The molecule has 0 saturated heterocycles. The second-order valence-corrected chi connectivity index (χ2v) is 4.74. The van der Waals surface area contributed by atoms with Crippen molar-refractivity contribution in [1.82, 2.24) is 0 Å². The van der Waals surface area contributed by atoms with Gasteiger partial charge in [-0.25, -0.2) is 0 Å². The van der Waals surface area contributed by atoms with E-state index >= 15 is 0 Å². The molecule has 0 unspecified atom stereocenters. The van der Waals surface area contributed by atoms with Gasteiger partial charge in [0.2, 0.25) is 0 Å². The van der Waals surface area contributed by atoms with Gasteiger partial charge in [0.1, 0.15) is 0 Å². The average Bonchev–Trinajstić information content (AvgIpc) is 2.40. The molecule has 2 rings (SSSR count). The van der Waals surface area contributed by atoms with Gasteiger partial charge in [0.25, 0.3) is 0 Å². The number of hydrogen-bond acceptors (Lipinski definition) is 2. The van der Waals surface area contributed by atoms with Crippen LogP contribution in [0, 0.1) is 0 Å². The first-order valence-electron chi connectivity index (χ1n) is 4.34. The third-order valence-electron chi connectivity index (χ3n) is 2.24. The number of halogens is 2. The number of rotatable bonds is 1. The zero-order chi connectivity index (χ0) is 11.0. The minimum Gasteiger partial charge on any atom is -0.423 e. The topological polar surface area (TPSA) is 40.5 Å². The molecule has 0 amide bonds. The van der Waals surface area contributed by atoms with Crippen molar-refractivity contribution in [3.05, 3.63) is 39.3 Å². The van der Waals surface area contributed by atoms with Crippen molar-refractivity contribution in [3.8, 4) is 11.1 Å². The summed E-state index contributed by atoms with van der Waals surface area (Å²) in [6, 6.07) is 9.60. The van der Waals surface area contributed by atoms with Crippen LogP contribution in [0.5, 0.6) is 0 Å². The molecule has 2 aliphatic carbocycles. The molecule has 2 N–H and O–H groups in total. The van der Waals surface area contributed by atoms with E-state index in [4.69, 9.17) is 0 Å². The van der Waals surface area contributed by atoms with E-state index in [1.54, 1.807) is 0 Å². The second kappa shape index (κ2) is 4.25. The Morgan fingerprint density at radius 1 is 0.867 bits per heavy atom. The van der Waals surface area contributed by atoms with Crippen LogP contribution in [0.1, 0.15) is 0 Å². The van der Waals surface area contributed by atoms with Gasteiger partial charge in [0.15, 0.2) is 0 Å². The maximum Gasteiger partial charge on any atom is 0.490 e. The first kappa shape index (κ1) is 11.1. The van der Waals surface area contributed by atoms with E-state index in [1.807, 2.05) is 30.3 Å². The predicted octanol–water partition coefficient (Wildman–Crippen LogP) is 2.00. The van der Waals surface area contributed by atoms with Gasteiger partial charge < -0.3 is 10.0 Å². The summed E-state index contributed by atoms with van der Waals surface area (Å²) in [5, 5.41) is 18.5. The molecular formula is C10H7BBr2O2. The summed E-state index contributed by atoms with van der Waals surface area (Å²) in [6.45, 7) is 0. The fourth-order valence-electron chi connectivity index (χ4n) is 1.54. The van der Waals surface area contributed by atoms with Crippen molar-refractivity contribution in [1.29, 1.82) is 0 Å². The molecule has 0 aromatic carbocycles. The quantitative estimate of drug-likeness (QED) is 0.786. The number of hydrogen-bond donors (Lipinski definition) is 2. The van der Waals surface area contributed by atoms with E-state index in [0.717, 1.165) is 20.1 Å². The Labute approximate surface area is 105 Å². The molecule has 0 spiro atoms. The van der Waals surface area contributed by atoms with Crippen molar-refractivity contribution in [2.75, 3.05) is 0 Å². The Hall–Kier alpha value is -0.355. The van der Waals surface area contributed by atoms with Gasteiger partial charge in [-0.2, -0.15) is 0 Å². The summed E-state index contributed by atoms with van der Waals surface area (Å²) in [7, 11) is -1.48. The molecule has 2 nitrogen and oxygen atoms in total. The lowest BCUT2D eigenvalue weighted by Crippen LogP contribution is -2.30. The maximum absolute atomic E-state index is 9.24. The molecule has 76 valence electrons. The van der Waals surface area contributed by atoms with Crippen LogP contribution in [0.4, 0.5) is 0 Å². The van der Waals surface area contributed by atoms with Gasteiger partial charge in [-0.15, -0.1) is 0 Å².